The molecule has 2 saturated carbocycles. The van der Waals surface area contributed by atoms with Gasteiger partial charge in [0, 0.05) is 0 Å². The molecule has 3 fully saturated rings. The van der Waals surface area contributed by atoms with Crippen LogP contribution in [-0.2, 0) is 9.59 Å². The number of amides is 2. The number of benzene rings is 1. The Hall–Kier alpha value is -1.64. The summed E-state index contributed by atoms with van der Waals surface area (Å²) in [5, 5.41) is 0. The van der Waals surface area contributed by atoms with Gasteiger partial charge in [0.05, 0.1) is 17.5 Å². The smallest absolute Gasteiger partial charge is 0.237 e. The van der Waals surface area contributed by atoms with Gasteiger partial charge in [0.25, 0.3) is 0 Å². The second kappa shape index (κ2) is 3.94. The molecule has 0 unspecified atom stereocenters. The molecule has 2 amide bonds. The van der Waals surface area contributed by atoms with E-state index in [1.165, 1.54) is 4.90 Å². The normalized spacial score (nSPS) is 35.0. The number of anilines is 1. The third-order valence-corrected chi connectivity index (χ3v) is 5.59. The Balaban J connectivity index is 1.81. The average Bonchev–Trinajstić information content (AvgIpc) is 3.07. The zero-order valence-electron chi connectivity index (χ0n) is 11.9. The van der Waals surface area contributed by atoms with Crippen molar-refractivity contribution in [3.8, 4) is 0 Å². The second-order valence-electron chi connectivity index (χ2n) is 6.64. The van der Waals surface area contributed by atoms with Crippen molar-refractivity contribution in [2.75, 3.05) is 4.90 Å². The summed E-state index contributed by atoms with van der Waals surface area (Å²) in [4.78, 5) is 27.1. The highest BCUT2D eigenvalue weighted by molar-refractivity contribution is 6.23. The monoisotopic (exact) mass is 269 g/mol. The van der Waals surface area contributed by atoms with Gasteiger partial charge >= 0.3 is 0 Å². The quantitative estimate of drug-likeness (QED) is 0.735. The Bertz CT molecular complexity index is 573. The predicted octanol–water partition coefficient (Wildman–Crippen LogP) is 2.84. The van der Waals surface area contributed by atoms with Crippen LogP contribution in [0.25, 0.3) is 0 Å². The molecule has 2 aliphatic carbocycles. The average molecular weight is 269 g/mol. The van der Waals surface area contributed by atoms with Crippen LogP contribution in [0.1, 0.15) is 30.4 Å². The minimum Gasteiger partial charge on any atom is -0.274 e. The number of hydrogen-bond donors (Lipinski definition) is 0. The third kappa shape index (κ3) is 1.36. The van der Waals surface area contributed by atoms with Crippen LogP contribution in [0.5, 0.6) is 0 Å². The molecule has 3 nitrogen and oxygen atoms in total. The van der Waals surface area contributed by atoms with Gasteiger partial charge in [0.15, 0.2) is 0 Å². The molecule has 4 atom stereocenters. The van der Waals surface area contributed by atoms with Crippen molar-refractivity contribution in [1.29, 1.82) is 0 Å². The molecule has 1 aromatic rings. The Labute approximate surface area is 119 Å². The van der Waals surface area contributed by atoms with Crippen molar-refractivity contribution >= 4 is 17.5 Å². The van der Waals surface area contributed by atoms with Crippen LogP contribution in [0, 0.1) is 37.5 Å². The number of carbonyl (C=O) groups excluding carboxylic acids is 2. The summed E-state index contributed by atoms with van der Waals surface area (Å²) in [6, 6.07) is 5.93. The molecule has 20 heavy (non-hydrogen) atoms. The zero-order valence-corrected chi connectivity index (χ0v) is 11.9. The zero-order chi connectivity index (χ0) is 14.0. The molecule has 1 aliphatic heterocycles. The van der Waals surface area contributed by atoms with Crippen LogP contribution in [0.2, 0.25) is 0 Å². The van der Waals surface area contributed by atoms with Crippen molar-refractivity contribution < 1.29 is 9.59 Å². The molecule has 1 heterocycles. The van der Waals surface area contributed by atoms with Crippen molar-refractivity contribution in [2.24, 2.45) is 23.7 Å². The Morgan fingerprint density at radius 3 is 1.95 bits per heavy atom. The number of carbonyl (C=O) groups is 2. The van der Waals surface area contributed by atoms with Crippen molar-refractivity contribution in [3.05, 3.63) is 29.3 Å². The lowest BCUT2D eigenvalue weighted by molar-refractivity contribution is -0.123. The van der Waals surface area contributed by atoms with Gasteiger partial charge in [-0.3, -0.25) is 9.59 Å². The molecule has 4 rings (SSSR count). The number of aryl methyl sites for hydroxylation is 2. The number of imide groups is 1. The van der Waals surface area contributed by atoms with Crippen LogP contribution in [0.3, 0.4) is 0 Å². The van der Waals surface area contributed by atoms with Gasteiger partial charge in [-0.15, -0.1) is 0 Å². The first-order valence-electron chi connectivity index (χ1n) is 7.53. The molecule has 0 aromatic heterocycles. The molecule has 3 heteroatoms. The van der Waals surface area contributed by atoms with Gasteiger partial charge < -0.3 is 0 Å². The van der Waals surface area contributed by atoms with Gasteiger partial charge in [-0.25, -0.2) is 4.90 Å². The van der Waals surface area contributed by atoms with Crippen molar-refractivity contribution in [1.82, 2.24) is 0 Å². The molecule has 2 bridgehead atoms. The molecule has 104 valence electrons. The van der Waals surface area contributed by atoms with E-state index in [1.54, 1.807) is 0 Å². The van der Waals surface area contributed by atoms with E-state index < -0.39 is 0 Å². The van der Waals surface area contributed by atoms with E-state index in [2.05, 4.69) is 0 Å². The molecule has 1 saturated heterocycles. The highest BCUT2D eigenvalue weighted by Crippen LogP contribution is 2.56. The minimum absolute atomic E-state index is 0.0275. The Morgan fingerprint density at radius 1 is 0.950 bits per heavy atom. The minimum atomic E-state index is -0.0275. The Morgan fingerprint density at radius 2 is 1.45 bits per heavy atom. The SMILES string of the molecule is Cc1cccc(C)c1N1C(=O)[C@@H]2[C@H]3CC[C@@H](C3)[C@@H]2C1=O. The lowest BCUT2D eigenvalue weighted by Crippen LogP contribution is -2.33. The van der Waals surface area contributed by atoms with Gasteiger partial charge in [-0.05, 0) is 56.1 Å². The van der Waals surface area contributed by atoms with E-state index in [9.17, 15) is 9.59 Å². The van der Waals surface area contributed by atoms with E-state index in [4.69, 9.17) is 0 Å². The van der Waals surface area contributed by atoms with Gasteiger partial charge in [0.1, 0.15) is 0 Å². The standard InChI is InChI=1S/C17H19NO2/c1-9-4-3-5-10(2)15(9)18-16(19)13-11-6-7-12(8-11)14(13)17(18)20/h3-5,11-14H,6-8H2,1-2H3/t11-,12-,13-,14+/m0/s1. The largest absolute Gasteiger partial charge is 0.274 e. The number of nitrogens with zero attached hydrogens (tertiary/aromatic N) is 1. The number of hydrogen-bond acceptors (Lipinski definition) is 2. The highest BCUT2D eigenvalue weighted by atomic mass is 16.2. The van der Waals surface area contributed by atoms with Crippen LogP contribution >= 0.6 is 0 Å². The maximum Gasteiger partial charge on any atom is 0.237 e. The molecule has 0 radical (unpaired) electrons. The summed E-state index contributed by atoms with van der Waals surface area (Å²) in [5.41, 5.74) is 2.86. The number of fused-ring (bicyclic) bond motifs is 5. The van der Waals surface area contributed by atoms with E-state index in [0.29, 0.717) is 11.8 Å². The van der Waals surface area contributed by atoms with Crippen LogP contribution < -0.4 is 4.90 Å². The van der Waals surface area contributed by atoms with Crippen molar-refractivity contribution in [2.45, 2.75) is 33.1 Å². The topological polar surface area (TPSA) is 37.4 Å². The van der Waals surface area contributed by atoms with Gasteiger partial charge in [-0.2, -0.15) is 0 Å². The van der Waals surface area contributed by atoms with Crippen molar-refractivity contribution in [3.63, 3.8) is 0 Å². The molecule has 3 aliphatic rings. The highest BCUT2D eigenvalue weighted by Gasteiger charge is 2.61. The predicted molar refractivity (Wildman–Crippen MR) is 76.2 cm³/mol. The summed E-state index contributed by atoms with van der Waals surface area (Å²) < 4.78 is 0. The third-order valence-electron chi connectivity index (χ3n) is 5.59. The fraction of sp³-hybridized carbons (Fsp3) is 0.529. The van der Waals surface area contributed by atoms with E-state index in [0.717, 1.165) is 36.1 Å². The Kier molecular flexibility index (Phi) is 2.39. The maximum atomic E-state index is 12.8. The fourth-order valence-electron chi connectivity index (χ4n) is 4.79. The van der Waals surface area contributed by atoms with E-state index >= 15 is 0 Å². The molecule has 0 N–H and O–H groups in total. The number of rotatable bonds is 1. The van der Waals surface area contributed by atoms with E-state index in [-0.39, 0.29) is 23.7 Å². The van der Waals surface area contributed by atoms with Gasteiger partial charge in [-0.1, -0.05) is 18.2 Å². The first kappa shape index (κ1) is 12.1. The summed E-state index contributed by atoms with van der Waals surface area (Å²) in [7, 11) is 0. The molecular weight excluding hydrogens is 250 g/mol. The summed E-state index contributed by atoms with van der Waals surface area (Å²) >= 11 is 0. The van der Waals surface area contributed by atoms with Crippen LogP contribution in [-0.4, -0.2) is 11.8 Å². The molecule has 0 spiro atoms. The van der Waals surface area contributed by atoms with Crippen LogP contribution in [0.4, 0.5) is 5.69 Å². The lowest BCUT2D eigenvalue weighted by atomic mass is 9.81. The fourth-order valence-corrected chi connectivity index (χ4v) is 4.79. The van der Waals surface area contributed by atoms with Gasteiger partial charge in [0.2, 0.25) is 11.8 Å². The first-order chi connectivity index (χ1) is 9.59. The first-order valence-corrected chi connectivity index (χ1v) is 7.53. The maximum absolute atomic E-state index is 12.8. The lowest BCUT2D eigenvalue weighted by Gasteiger charge is -2.21. The van der Waals surface area contributed by atoms with Crippen LogP contribution in [0.15, 0.2) is 18.2 Å². The summed E-state index contributed by atoms with van der Waals surface area (Å²) in [6.45, 7) is 3.96. The summed E-state index contributed by atoms with van der Waals surface area (Å²) in [5.74, 6) is 0.973. The second-order valence-corrected chi connectivity index (χ2v) is 6.64. The summed E-state index contributed by atoms with van der Waals surface area (Å²) in [6.07, 6.45) is 3.35. The number of para-hydroxylation sites is 1. The molecule has 1 aromatic carbocycles. The van der Waals surface area contributed by atoms with E-state index in [1.807, 2.05) is 32.0 Å². The molecular formula is C17H19NO2.